The first-order valence-corrected chi connectivity index (χ1v) is 5.19. The van der Waals surface area contributed by atoms with Crippen molar-refractivity contribution in [1.29, 1.82) is 0 Å². The maximum atomic E-state index is 5.50. The molecule has 2 heteroatoms. The van der Waals surface area contributed by atoms with Crippen molar-refractivity contribution in [1.82, 2.24) is 5.32 Å². The predicted octanol–water partition coefficient (Wildman–Crippen LogP) is 1.55. The summed E-state index contributed by atoms with van der Waals surface area (Å²) >= 11 is 0. The molecule has 2 fully saturated rings. The van der Waals surface area contributed by atoms with E-state index in [-0.39, 0.29) is 0 Å². The Kier molecular flexibility index (Phi) is 2.37. The summed E-state index contributed by atoms with van der Waals surface area (Å²) in [4.78, 5) is 0. The number of rotatable bonds is 3. The first-order chi connectivity index (χ1) is 5.81. The molecule has 0 spiro atoms. The van der Waals surface area contributed by atoms with Crippen molar-refractivity contribution in [3.8, 4) is 0 Å². The molecule has 0 aromatic heterocycles. The minimum atomic E-state index is 0.433. The molecule has 1 N–H and O–H groups in total. The molecule has 70 valence electrons. The summed E-state index contributed by atoms with van der Waals surface area (Å²) in [6, 6.07) is 1.44. The van der Waals surface area contributed by atoms with E-state index in [0.717, 1.165) is 18.6 Å². The molecule has 1 aliphatic heterocycles. The Morgan fingerprint density at radius 3 is 2.75 bits per heavy atom. The van der Waals surface area contributed by atoms with Gasteiger partial charge in [0.2, 0.25) is 0 Å². The highest BCUT2D eigenvalue weighted by Crippen LogP contribution is 2.34. The lowest BCUT2D eigenvalue weighted by atomic mass is 10.1. The van der Waals surface area contributed by atoms with Gasteiger partial charge in [-0.1, -0.05) is 13.3 Å². The van der Waals surface area contributed by atoms with Gasteiger partial charge in [0, 0.05) is 18.7 Å². The summed E-state index contributed by atoms with van der Waals surface area (Å²) in [7, 11) is 0. The quantitative estimate of drug-likeness (QED) is 0.692. The van der Waals surface area contributed by atoms with Crippen LogP contribution in [0.25, 0.3) is 0 Å². The number of ether oxygens (including phenoxy) is 1. The topological polar surface area (TPSA) is 21.3 Å². The number of hydrogen-bond donors (Lipinski definition) is 1. The normalized spacial score (nSPS) is 46.5. The Morgan fingerprint density at radius 1 is 1.42 bits per heavy atom. The fourth-order valence-corrected chi connectivity index (χ4v) is 2.13. The van der Waals surface area contributed by atoms with Crippen LogP contribution in [-0.2, 0) is 4.74 Å². The zero-order chi connectivity index (χ0) is 8.55. The molecule has 0 bridgehead atoms. The van der Waals surface area contributed by atoms with Gasteiger partial charge < -0.3 is 10.1 Å². The second-order valence-electron chi connectivity index (χ2n) is 4.15. The second kappa shape index (κ2) is 3.35. The van der Waals surface area contributed by atoms with E-state index in [9.17, 15) is 0 Å². The molecule has 0 radical (unpaired) electrons. The van der Waals surface area contributed by atoms with E-state index in [4.69, 9.17) is 4.74 Å². The third kappa shape index (κ3) is 1.64. The maximum absolute atomic E-state index is 5.50. The molecule has 2 nitrogen and oxygen atoms in total. The van der Waals surface area contributed by atoms with Crippen molar-refractivity contribution in [2.45, 2.75) is 51.3 Å². The van der Waals surface area contributed by atoms with E-state index in [1.807, 2.05) is 0 Å². The van der Waals surface area contributed by atoms with E-state index < -0.39 is 0 Å². The van der Waals surface area contributed by atoms with Crippen molar-refractivity contribution >= 4 is 0 Å². The summed E-state index contributed by atoms with van der Waals surface area (Å²) < 4.78 is 5.50. The van der Waals surface area contributed by atoms with Crippen molar-refractivity contribution in [2.75, 3.05) is 6.61 Å². The summed E-state index contributed by atoms with van der Waals surface area (Å²) in [5, 5.41) is 3.68. The van der Waals surface area contributed by atoms with Gasteiger partial charge in [0.15, 0.2) is 0 Å². The zero-order valence-corrected chi connectivity index (χ0v) is 8.05. The van der Waals surface area contributed by atoms with Crippen LogP contribution in [0.3, 0.4) is 0 Å². The molecule has 2 aliphatic rings. The molecule has 1 saturated carbocycles. The van der Waals surface area contributed by atoms with Crippen LogP contribution in [0, 0.1) is 5.92 Å². The molecular weight excluding hydrogens is 150 g/mol. The van der Waals surface area contributed by atoms with Crippen LogP contribution < -0.4 is 5.32 Å². The predicted molar refractivity (Wildman–Crippen MR) is 49.1 cm³/mol. The smallest absolute Gasteiger partial charge is 0.0700 e. The van der Waals surface area contributed by atoms with Crippen LogP contribution in [0.4, 0.5) is 0 Å². The SMILES string of the molecule is CCC1CC1NC1CCOC1C. The Hall–Kier alpha value is -0.0800. The van der Waals surface area contributed by atoms with E-state index >= 15 is 0 Å². The summed E-state index contributed by atoms with van der Waals surface area (Å²) in [6.07, 6.45) is 4.36. The minimum Gasteiger partial charge on any atom is -0.377 e. The van der Waals surface area contributed by atoms with Gasteiger partial charge in [0.05, 0.1) is 6.10 Å². The van der Waals surface area contributed by atoms with Crippen LogP contribution in [0.2, 0.25) is 0 Å². The molecule has 0 amide bonds. The molecule has 4 atom stereocenters. The summed E-state index contributed by atoms with van der Waals surface area (Å²) in [5.74, 6) is 0.956. The van der Waals surface area contributed by atoms with Crippen molar-refractivity contribution < 1.29 is 4.74 Å². The first-order valence-electron chi connectivity index (χ1n) is 5.19. The van der Waals surface area contributed by atoms with Crippen molar-refractivity contribution in [3.05, 3.63) is 0 Å². The maximum Gasteiger partial charge on any atom is 0.0700 e. The van der Waals surface area contributed by atoms with Gasteiger partial charge in [-0.25, -0.2) is 0 Å². The minimum absolute atomic E-state index is 0.433. The van der Waals surface area contributed by atoms with Crippen LogP contribution in [-0.4, -0.2) is 24.8 Å². The molecule has 2 rings (SSSR count). The molecule has 12 heavy (non-hydrogen) atoms. The molecule has 1 heterocycles. The highest BCUT2D eigenvalue weighted by atomic mass is 16.5. The highest BCUT2D eigenvalue weighted by molar-refractivity contribution is 4.96. The lowest BCUT2D eigenvalue weighted by Crippen LogP contribution is -2.36. The fourth-order valence-electron chi connectivity index (χ4n) is 2.13. The average Bonchev–Trinajstić information content (AvgIpc) is 2.70. The van der Waals surface area contributed by atoms with Crippen molar-refractivity contribution in [2.24, 2.45) is 5.92 Å². The molecule has 0 aromatic rings. The van der Waals surface area contributed by atoms with E-state index in [2.05, 4.69) is 19.2 Å². The number of nitrogens with one attached hydrogen (secondary N) is 1. The van der Waals surface area contributed by atoms with Crippen LogP contribution in [0.5, 0.6) is 0 Å². The monoisotopic (exact) mass is 169 g/mol. The Balaban J connectivity index is 1.73. The van der Waals surface area contributed by atoms with Crippen LogP contribution in [0.1, 0.15) is 33.1 Å². The first kappa shape index (κ1) is 8.52. The fraction of sp³-hybridized carbons (Fsp3) is 1.00. The van der Waals surface area contributed by atoms with Gasteiger partial charge in [0.1, 0.15) is 0 Å². The van der Waals surface area contributed by atoms with Gasteiger partial charge in [-0.15, -0.1) is 0 Å². The van der Waals surface area contributed by atoms with E-state index in [1.165, 1.54) is 19.3 Å². The average molecular weight is 169 g/mol. The second-order valence-corrected chi connectivity index (χ2v) is 4.15. The largest absolute Gasteiger partial charge is 0.377 e. The molecule has 1 aliphatic carbocycles. The number of hydrogen-bond acceptors (Lipinski definition) is 2. The standard InChI is InChI=1S/C10H19NO/c1-3-8-6-10(8)11-9-4-5-12-7(9)2/h7-11H,3-6H2,1-2H3. The lowest BCUT2D eigenvalue weighted by Gasteiger charge is -2.15. The Morgan fingerprint density at radius 2 is 2.25 bits per heavy atom. The highest BCUT2D eigenvalue weighted by Gasteiger charge is 2.38. The van der Waals surface area contributed by atoms with Crippen molar-refractivity contribution in [3.63, 3.8) is 0 Å². The molecule has 1 saturated heterocycles. The third-order valence-corrected chi connectivity index (χ3v) is 3.25. The van der Waals surface area contributed by atoms with Gasteiger partial charge in [-0.2, -0.15) is 0 Å². The van der Waals surface area contributed by atoms with E-state index in [0.29, 0.717) is 12.1 Å². The molecular formula is C10H19NO. The van der Waals surface area contributed by atoms with Crippen LogP contribution >= 0.6 is 0 Å². The zero-order valence-electron chi connectivity index (χ0n) is 8.05. The third-order valence-electron chi connectivity index (χ3n) is 3.25. The molecule has 0 aromatic carbocycles. The summed E-state index contributed by atoms with van der Waals surface area (Å²) in [5.41, 5.74) is 0. The van der Waals surface area contributed by atoms with Gasteiger partial charge in [0.25, 0.3) is 0 Å². The lowest BCUT2D eigenvalue weighted by molar-refractivity contribution is 0.112. The summed E-state index contributed by atoms with van der Waals surface area (Å²) in [6.45, 7) is 5.40. The molecule has 4 unspecified atom stereocenters. The van der Waals surface area contributed by atoms with Gasteiger partial charge in [-0.05, 0) is 25.7 Å². The van der Waals surface area contributed by atoms with Gasteiger partial charge >= 0.3 is 0 Å². The van der Waals surface area contributed by atoms with E-state index in [1.54, 1.807) is 0 Å². The Bertz CT molecular complexity index is 160. The van der Waals surface area contributed by atoms with Crippen LogP contribution in [0.15, 0.2) is 0 Å². The van der Waals surface area contributed by atoms with Gasteiger partial charge in [-0.3, -0.25) is 0 Å². The Labute approximate surface area is 74.7 Å².